The molecule has 0 amide bonds. The summed E-state index contributed by atoms with van der Waals surface area (Å²) in [5, 5.41) is 8.72. The first-order chi connectivity index (χ1) is 11.4. The quantitative estimate of drug-likeness (QED) is 0.670. The number of nitrogens with zero attached hydrogens (tertiary/aromatic N) is 3. The van der Waals surface area contributed by atoms with Gasteiger partial charge in [-0.2, -0.15) is 5.26 Å². The van der Waals surface area contributed by atoms with Crippen LogP contribution in [0.1, 0.15) is 29.9 Å². The Kier molecular flexibility index (Phi) is 4.99. The second-order valence-corrected chi connectivity index (χ2v) is 5.10. The smallest absolute Gasteiger partial charge is 0.262 e. The Morgan fingerprint density at radius 2 is 2.09 bits per heavy atom. The fraction of sp³-hybridized carbons (Fsp3) is 0.312. The van der Waals surface area contributed by atoms with Crippen LogP contribution in [-0.4, -0.2) is 23.2 Å². The Hall–Kier alpha value is -2.69. The molecule has 23 heavy (non-hydrogen) atoms. The zero-order valence-corrected chi connectivity index (χ0v) is 12.4. The van der Waals surface area contributed by atoms with Crippen molar-refractivity contribution in [1.82, 2.24) is 9.97 Å². The highest BCUT2D eigenvalue weighted by Gasteiger charge is 2.20. The molecule has 1 N–H and O–H groups in total. The van der Waals surface area contributed by atoms with E-state index in [9.17, 15) is 0 Å². The lowest BCUT2D eigenvalue weighted by Crippen LogP contribution is -2.16. The van der Waals surface area contributed by atoms with Gasteiger partial charge in [-0.3, -0.25) is 4.89 Å². The minimum atomic E-state index is 0.351. The molecule has 0 bridgehead atoms. The van der Waals surface area contributed by atoms with Gasteiger partial charge in [-0.15, -0.1) is 0 Å². The van der Waals surface area contributed by atoms with Crippen molar-refractivity contribution in [1.29, 1.82) is 5.26 Å². The molecule has 0 atom stereocenters. The van der Waals surface area contributed by atoms with Crippen molar-refractivity contribution in [3.8, 4) is 11.9 Å². The topological polar surface area (TPSA) is 89.3 Å². The van der Waals surface area contributed by atoms with Crippen molar-refractivity contribution in [2.75, 3.05) is 18.7 Å². The van der Waals surface area contributed by atoms with Crippen LogP contribution in [0.3, 0.4) is 0 Å². The van der Waals surface area contributed by atoms with Gasteiger partial charge in [-0.05, 0) is 37.0 Å². The third-order valence-corrected chi connectivity index (χ3v) is 3.62. The molecule has 7 heteroatoms. The first kappa shape index (κ1) is 15.2. The molecule has 2 aromatic rings. The first-order valence-electron chi connectivity index (χ1n) is 7.35. The third kappa shape index (κ3) is 3.94. The van der Waals surface area contributed by atoms with Gasteiger partial charge < -0.3 is 4.74 Å². The number of hydrogen-bond acceptors (Lipinski definition) is 7. The van der Waals surface area contributed by atoms with Crippen LogP contribution in [0.25, 0.3) is 0 Å². The molecule has 0 radical (unpaired) electrons. The van der Waals surface area contributed by atoms with E-state index in [0.717, 1.165) is 31.6 Å². The summed E-state index contributed by atoms with van der Waals surface area (Å²) in [6.45, 7) is 1.49. The van der Waals surface area contributed by atoms with Crippen LogP contribution in [0.2, 0.25) is 0 Å². The normalized spacial score (nSPS) is 14.9. The number of nitrogens with one attached hydrogen (secondary N) is 1. The molecule has 0 saturated carbocycles. The fourth-order valence-corrected chi connectivity index (χ4v) is 2.42. The third-order valence-electron chi connectivity index (χ3n) is 3.62. The molecule has 1 saturated heterocycles. The van der Waals surface area contributed by atoms with E-state index in [1.807, 2.05) is 18.2 Å². The first-order valence-corrected chi connectivity index (χ1v) is 7.35. The summed E-state index contributed by atoms with van der Waals surface area (Å²) in [4.78, 5) is 18.5. The maximum absolute atomic E-state index is 8.72. The van der Waals surface area contributed by atoms with Gasteiger partial charge in [0.05, 0.1) is 5.56 Å². The maximum atomic E-state index is 8.72. The lowest BCUT2D eigenvalue weighted by molar-refractivity contribution is -0.183. The number of aromatic nitrogens is 2. The van der Waals surface area contributed by atoms with Crippen LogP contribution >= 0.6 is 0 Å². The average molecular weight is 312 g/mol. The number of nitriles is 1. The van der Waals surface area contributed by atoms with Gasteiger partial charge in [0.25, 0.3) is 5.88 Å². The van der Waals surface area contributed by atoms with Gasteiger partial charge in [-0.1, -0.05) is 11.1 Å². The van der Waals surface area contributed by atoms with Crippen molar-refractivity contribution in [2.45, 2.75) is 18.8 Å². The SMILES string of the molecule is N#Cc1ccc(NOOc2ncccc2C2CCOCC2)nc1. The van der Waals surface area contributed by atoms with Crippen molar-refractivity contribution < 1.29 is 14.6 Å². The van der Waals surface area contributed by atoms with E-state index >= 15 is 0 Å². The summed E-state index contributed by atoms with van der Waals surface area (Å²) < 4.78 is 5.38. The highest BCUT2D eigenvalue weighted by atomic mass is 17.3. The molecule has 118 valence electrons. The molecule has 0 unspecified atom stereocenters. The van der Waals surface area contributed by atoms with Gasteiger partial charge in [0.2, 0.25) is 0 Å². The molecule has 2 aromatic heterocycles. The lowest BCUT2D eigenvalue weighted by Gasteiger charge is -2.23. The van der Waals surface area contributed by atoms with Crippen molar-refractivity contribution in [2.24, 2.45) is 0 Å². The van der Waals surface area contributed by atoms with Gasteiger partial charge in [0.15, 0.2) is 5.82 Å². The number of rotatable bonds is 5. The van der Waals surface area contributed by atoms with Crippen molar-refractivity contribution in [3.05, 3.63) is 47.8 Å². The minimum Gasteiger partial charge on any atom is -0.381 e. The van der Waals surface area contributed by atoms with Crippen molar-refractivity contribution >= 4 is 5.82 Å². The molecule has 0 aliphatic carbocycles. The van der Waals surface area contributed by atoms with E-state index in [4.69, 9.17) is 19.9 Å². The second-order valence-electron chi connectivity index (χ2n) is 5.10. The van der Waals surface area contributed by atoms with E-state index in [2.05, 4.69) is 15.4 Å². The summed E-state index contributed by atoms with van der Waals surface area (Å²) in [5.74, 6) is 1.22. The molecule has 1 fully saturated rings. The summed E-state index contributed by atoms with van der Waals surface area (Å²) >= 11 is 0. The molecule has 1 aliphatic heterocycles. The zero-order valence-electron chi connectivity index (χ0n) is 12.4. The molecule has 7 nitrogen and oxygen atoms in total. The van der Waals surface area contributed by atoms with Gasteiger partial charge in [0.1, 0.15) is 6.07 Å². The number of ether oxygens (including phenoxy) is 1. The predicted octanol–water partition coefficient (Wildman–Crippen LogP) is 2.58. The fourth-order valence-electron chi connectivity index (χ4n) is 2.42. The Morgan fingerprint density at radius 3 is 2.83 bits per heavy atom. The van der Waals surface area contributed by atoms with Gasteiger partial charge >= 0.3 is 0 Å². The maximum Gasteiger partial charge on any atom is 0.262 e. The summed E-state index contributed by atoms with van der Waals surface area (Å²) in [6.07, 6.45) is 4.97. The molecular weight excluding hydrogens is 296 g/mol. The average Bonchev–Trinajstić information content (AvgIpc) is 2.63. The Balaban J connectivity index is 1.60. The van der Waals surface area contributed by atoms with Crippen molar-refractivity contribution in [3.63, 3.8) is 0 Å². The molecular formula is C16H16N4O3. The molecule has 0 aromatic carbocycles. The Labute approximate surface area is 133 Å². The Morgan fingerprint density at radius 1 is 1.22 bits per heavy atom. The van der Waals surface area contributed by atoms with Gasteiger partial charge in [0, 0.05) is 31.2 Å². The van der Waals surface area contributed by atoms with Crippen LogP contribution in [0, 0.1) is 11.3 Å². The number of hydrogen-bond donors (Lipinski definition) is 1. The second kappa shape index (κ2) is 7.54. The summed E-state index contributed by atoms with van der Waals surface area (Å²) in [7, 11) is 0. The molecule has 3 rings (SSSR count). The number of pyridine rings is 2. The van der Waals surface area contributed by atoms with Crippen LogP contribution in [0.15, 0.2) is 36.7 Å². The highest BCUT2D eigenvalue weighted by Crippen LogP contribution is 2.32. The summed E-state index contributed by atoms with van der Waals surface area (Å²) in [5.41, 5.74) is 4.05. The van der Waals surface area contributed by atoms with Crippen LogP contribution in [0.5, 0.6) is 5.88 Å². The number of anilines is 1. The lowest BCUT2D eigenvalue weighted by atomic mass is 9.92. The van der Waals surface area contributed by atoms with Crippen LogP contribution < -0.4 is 10.4 Å². The predicted molar refractivity (Wildman–Crippen MR) is 81.3 cm³/mol. The van der Waals surface area contributed by atoms with Gasteiger partial charge in [-0.25, -0.2) is 15.4 Å². The molecule has 1 aliphatic rings. The van der Waals surface area contributed by atoms with E-state index in [-0.39, 0.29) is 0 Å². The largest absolute Gasteiger partial charge is 0.381 e. The minimum absolute atomic E-state index is 0.351. The summed E-state index contributed by atoms with van der Waals surface area (Å²) in [6, 6.07) is 9.12. The highest BCUT2D eigenvalue weighted by molar-refractivity contribution is 5.37. The van der Waals surface area contributed by atoms with Crippen LogP contribution in [-0.2, 0) is 9.73 Å². The molecule has 3 heterocycles. The van der Waals surface area contributed by atoms with E-state index in [1.165, 1.54) is 6.20 Å². The van der Waals surface area contributed by atoms with E-state index in [1.54, 1.807) is 18.3 Å². The zero-order chi connectivity index (χ0) is 15.9. The van der Waals surface area contributed by atoms with E-state index < -0.39 is 0 Å². The standard InChI is InChI=1S/C16H16N4O3/c17-10-12-3-4-15(19-11-12)20-23-22-16-14(2-1-7-18-16)13-5-8-21-9-6-13/h1-4,7,11,13H,5-6,8-9H2,(H,19,20). The molecule has 0 spiro atoms. The monoisotopic (exact) mass is 312 g/mol. The van der Waals surface area contributed by atoms with Crippen LogP contribution in [0.4, 0.5) is 5.82 Å². The Bertz CT molecular complexity index is 678. The van der Waals surface area contributed by atoms with E-state index in [0.29, 0.717) is 23.2 Å².